The predicted octanol–water partition coefficient (Wildman–Crippen LogP) is 0.150. The minimum Gasteiger partial charge on any atom is -0.373 e. The number of hydrogen-bond donors (Lipinski definition) is 2. The van der Waals surface area contributed by atoms with E-state index in [0.717, 1.165) is 17.9 Å². The summed E-state index contributed by atoms with van der Waals surface area (Å²) < 4.78 is 0. The molecule has 1 atom stereocenters. The molecule has 1 aliphatic rings. The number of rotatable bonds is 4. The first-order valence-corrected chi connectivity index (χ1v) is 7.86. The number of anilines is 1. The van der Waals surface area contributed by atoms with Crippen molar-refractivity contribution in [3.8, 4) is 0 Å². The molecular formula is C16H25N5O2. The zero-order valence-corrected chi connectivity index (χ0v) is 14.0. The summed E-state index contributed by atoms with van der Waals surface area (Å²) in [4.78, 5) is 32.1. The van der Waals surface area contributed by atoms with Gasteiger partial charge in [0.05, 0.1) is 5.92 Å². The van der Waals surface area contributed by atoms with Gasteiger partial charge >= 0.3 is 0 Å². The van der Waals surface area contributed by atoms with Gasteiger partial charge in [0, 0.05) is 65.5 Å². The van der Waals surface area contributed by atoms with Gasteiger partial charge in [-0.05, 0) is 6.07 Å². The van der Waals surface area contributed by atoms with Crippen LogP contribution in [-0.4, -0.2) is 66.9 Å². The molecule has 0 unspecified atom stereocenters. The van der Waals surface area contributed by atoms with Gasteiger partial charge in [0.15, 0.2) is 0 Å². The van der Waals surface area contributed by atoms with E-state index in [-0.39, 0.29) is 17.7 Å². The van der Waals surface area contributed by atoms with E-state index in [1.54, 1.807) is 25.1 Å². The summed E-state index contributed by atoms with van der Waals surface area (Å²) in [5.74, 6) is 0.610. The van der Waals surface area contributed by atoms with Crippen LogP contribution in [0.4, 0.5) is 5.82 Å². The van der Waals surface area contributed by atoms with Crippen LogP contribution in [0.25, 0.3) is 0 Å². The Bertz CT molecular complexity index is 563. The number of nitrogens with one attached hydrogen (secondary N) is 2. The molecule has 0 bridgehead atoms. The van der Waals surface area contributed by atoms with Crippen molar-refractivity contribution in [1.29, 1.82) is 0 Å². The fraction of sp³-hybridized carbons (Fsp3) is 0.562. The number of carbonyl (C=O) groups excluding carboxylic acids is 2. The smallest absolute Gasteiger partial charge is 0.225 e. The van der Waals surface area contributed by atoms with Crippen LogP contribution in [-0.2, 0) is 16.1 Å². The molecular weight excluding hydrogens is 294 g/mol. The van der Waals surface area contributed by atoms with Crippen LogP contribution in [0.3, 0.4) is 0 Å². The number of pyridine rings is 1. The molecule has 7 heteroatoms. The van der Waals surface area contributed by atoms with Gasteiger partial charge in [0.2, 0.25) is 11.8 Å². The second-order valence-corrected chi connectivity index (χ2v) is 5.77. The molecule has 0 saturated carbocycles. The number of carbonyl (C=O) groups is 2. The first-order chi connectivity index (χ1) is 11.0. The molecule has 23 heavy (non-hydrogen) atoms. The summed E-state index contributed by atoms with van der Waals surface area (Å²) in [6, 6.07) is 3.94. The van der Waals surface area contributed by atoms with E-state index < -0.39 is 0 Å². The van der Waals surface area contributed by atoms with E-state index in [0.29, 0.717) is 26.2 Å². The number of aromatic nitrogens is 1. The fourth-order valence-electron chi connectivity index (χ4n) is 2.91. The third kappa shape index (κ3) is 4.41. The van der Waals surface area contributed by atoms with E-state index in [9.17, 15) is 9.59 Å². The van der Waals surface area contributed by atoms with Crippen LogP contribution in [0.1, 0.15) is 12.5 Å². The Hall–Kier alpha value is -2.15. The van der Waals surface area contributed by atoms with Crippen molar-refractivity contribution in [2.45, 2.75) is 13.5 Å². The maximum absolute atomic E-state index is 12.1. The Morgan fingerprint density at radius 3 is 2.74 bits per heavy atom. The van der Waals surface area contributed by atoms with Gasteiger partial charge < -0.3 is 15.5 Å². The Balaban J connectivity index is 2.14. The van der Waals surface area contributed by atoms with Crippen molar-refractivity contribution < 1.29 is 9.59 Å². The van der Waals surface area contributed by atoms with E-state index in [4.69, 9.17) is 0 Å². The Kier molecular flexibility index (Phi) is 5.92. The Labute approximate surface area is 137 Å². The molecule has 1 aromatic rings. The maximum Gasteiger partial charge on any atom is 0.225 e. The minimum atomic E-state index is -0.221. The van der Waals surface area contributed by atoms with Crippen LogP contribution in [0.5, 0.6) is 0 Å². The molecule has 1 fully saturated rings. The predicted molar refractivity (Wildman–Crippen MR) is 88.9 cm³/mol. The molecule has 2 heterocycles. The van der Waals surface area contributed by atoms with Crippen LogP contribution >= 0.6 is 0 Å². The lowest BCUT2D eigenvalue weighted by molar-refractivity contribution is -0.130. The monoisotopic (exact) mass is 319 g/mol. The number of hydrogen-bond acceptors (Lipinski definition) is 5. The van der Waals surface area contributed by atoms with Gasteiger partial charge in [-0.15, -0.1) is 0 Å². The normalized spacial score (nSPS) is 19.1. The highest BCUT2D eigenvalue weighted by molar-refractivity contribution is 5.80. The van der Waals surface area contributed by atoms with Crippen LogP contribution in [0, 0.1) is 5.92 Å². The van der Waals surface area contributed by atoms with Crippen molar-refractivity contribution in [3.63, 3.8) is 0 Å². The van der Waals surface area contributed by atoms with Gasteiger partial charge in [-0.1, -0.05) is 6.07 Å². The second kappa shape index (κ2) is 7.92. The van der Waals surface area contributed by atoms with Crippen LogP contribution < -0.4 is 10.6 Å². The SMILES string of the molecule is CNC(=O)[C@@H]1CN(Cc2cccnc2NC)CCN(C(C)=O)C1. The highest BCUT2D eigenvalue weighted by Gasteiger charge is 2.28. The van der Waals surface area contributed by atoms with Crippen LogP contribution in [0.15, 0.2) is 18.3 Å². The van der Waals surface area contributed by atoms with Gasteiger partial charge in [0.25, 0.3) is 0 Å². The average molecular weight is 319 g/mol. The second-order valence-electron chi connectivity index (χ2n) is 5.77. The minimum absolute atomic E-state index is 0.0121. The average Bonchev–Trinajstić information content (AvgIpc) is 2.77. The molecule has 0 spiro atoms. The Morgan fingerprint density at radius 1 is 1.30 bits per heavy atom. The summed E-state index contributed by atoms with van der Waals surface area (Å²) in [6.07, 6.45) is 1.75. The molecule has 2 rings (SSSR count). The van der Waals surface area contributed by atoms with E-state index in [2.05, 4.69) is 20.5 Å². The lowest BCUT2D eigenvalue weighted by Gasteiger charge is -2.23. The number of amides is 2. The molecule has 2 N–H and O–H groups in total. The highest BCUT2D eigenvalue weighted by Crippen LogP contribution is 2.17. The molecule has 1 saturated heterocycles. The molecule has 1 aromatic heterocycles. The summed E-state index contributed by atoms with van der Waals surface area (Å²) in [5.41, 5.74) is 1.09. The van der Waals surface area contributed by atoms with Crippen LogP contribution in [0.2, 0.25) is 0 Å². The van der Waals surface area contributed by atoms with Gasteiger partial charge in [0.1, 0.15) is 5.82 Å². The van der Waals surface area contributed by atoms with Gasteiger partial charge in [-0.2, -0.15) is 0 Å². The standard InChI is InChI=1S/C16H25N5O2/c1-12(22)21-8-7-20(10-14(11-21)16(23)18-3)9-13-5-4-6-19-15(13)17-2/h4-6,14H,7-11H2,1-3H3,(H,17,19)(H,18,23)/t14-/m1/s1. The summed E-state index contributed by atoms with van der Waals surface area (Å²) in [6.45, 7) is 4.72. The van der Waals surface area contributed by atoms with Crippen molar-refractivity contribution >= 4 is 17.6 Å². The van der Waals surface area contributed by atoms with Crippen molar-refractivity contribution in [2.24, 2.45) is 5.92 Å². The first-order valence-electron chi connectivity index (χ1n) is 7.86. The lowest BCUT2D eigenvalue weighted by atomic mass is 10.1. The topological polar surface area (TPSA) is 77.6 Å². The Morgan fingerprint density at radius 2 is 2.09 bits per heavy atom. The highest BCUT2D eigenvalue weighted by atomic mass is 16.2. The summed E-state index contributed by atoms with van der Waals surface area (Å²) in [5, 5.41) is 5.79. The summed E-state index contributed by atoms with van der Waals surface area (Å²) in [7, 11) is 3.48. The first kappa shape index (κ1) is 17.2. The quantitative estimate of drug-likeness (QED) is 0.826. The molecule has 2 amide bonds. The fourth-order valence-corrected chi connectivity index (χ4v) is 2.91. The number of nitrogens with zero attached hydrogens (tertiary/aromatic N) is 3. The van der Waals surface area contributed by atoms with Gasteiger partial charge in [-0.25, -0.2) is 4.98 Å². The van der Waals surface area contributed by atoms with E-state index in [1.807, 2.05) is 19.2 Å². The summed E-state index contributed by atoms with van der Waals surface area (Å²) >= 11 is 0. The maximum atomic E-state index is 12.1. The van der Waals surface area contributed by atoms with Crippen molar-refractivity contribution in [1.82, 2.24) is 20.1 Å². The molecule has 0 radical (unpaired) electrons. The van der Waals surface area contributed by atoms with Gasteiger partial charge in [-0.3, -0.25) is 14.5 Å². The van der Waals surface area contributed by atoms with E-state index >= 15 is 0 Å². The zero-order valence-electron chi connectivity index (χ0n) is 14.0. The molecule has 1 aliphatic heterocycles. The largest absolute Gasteiger partial charge is 0.373 e. The third-order valence-electron chi connectivity index (χ3n) is 4.19. The van der Waals surface area contributed by atoms with Crippen molar-refractivity contribution in [3.05, 3.63) is 23.9 Å². The lowest BCUT2D eigenvalue weighted by Crippen LogP contribution is -2.40. The molecule has 7 nitrogen and oxygen atoms in total. The van der Waals surface area contributed by atoms with E-state index in [1.165, 1.54) is 0 Å². The molecule has 0 aliphatic carbocycles. The third-order valence-corrected chi connectivity index (χ3v) is 4.19. The molecule has 126 valence electrons. The molecule has 0 aromatic carbocycles. The van der Waals surface area contributed by atoms with Crippen molar-refractivity contribution in [2.75, 3.05) is 45.6 Å². The zero-order chi connectivity index (χ0) is 16.8.